The number of carboxylic acids is 1. The molecular formula is C29H32F3NO7. The Kier molecular flexibility index (Phi) is 9.83. The van der Waals surface area contributed by atoms with Gasteiger partial charge in [0, 0.05) is 5.56 Å². The number of aryl methyl sites for hydroxylation is 1. The molecule has 1 aromatic heterocycles. The molecule has 1 unspecified atom stereocenters. The number of aromatic nitrogens is 1. The highest BCUT2D eigenvalue weighted by molar-refractivity contribution is 5.72. The average molecular weight is 564 g/mol. The first-order valence-corrected chi connectivity index (χ1v) is 13.0. The number of halogens is 3. The van der Waals surface area contributed by atoms with Crippen molar-refractivity contribution < 1.29 is 46.4 Å². The lowest BCUT2D eigenvalue weighted by molar-refractivity contribution is -0.159. The molecule has 3 atom stereocenters. The second-order valence-electron chi connectivity index (χ2n) is 9.64. The van der Waals surface area contributed by atoms with Crippen LogP contribution in [0.25, 0.3) is 11.5 Å². The van der Waals surface area contributed by atoms with Gasteiger partial charge >= 0.3 is 12.1 Å². The second kappa shape index (κ2) is 13.3. The molecule has 1 fully saturated rings. The first kappa shape index (κ1) is 29.6. The number of hydrogen-bond donors (Lipinski definition) is 1. The standard InChI is InChI=1S/C29H32F3NO7/c1-18-25(33-27(40-18)20-5-3-6-22(13-20)36-2)16-37-23-7-4-8-24(14-23)38-17-26(28(34)35)39-15-19-9-11-21(12-10-19)29(30,31)32/h3,5-6,9-13,23-24,26H,4,7-8,14-17H2,1-2H3,(H,34,35)/t23-,24+,26?/m0/s1. The first-order valence-electron chi connectivity index (χ1n) is 13.0. The summed E-state index contributed by atoms with van der Waals surface area (Å²) in [5.41, 5.74) is 1.15. The van der Waals surface area contributed by atoms with Gasteiger partial charge < -0.3 is 28.5 Å². The third kappa shape index (κ3) is 8.06. The minimum atomic E-state index is -4.44. The Morgan fingerprint density at radius 2 is 1.82 bits per heavy atom. The van der Waals surface area contributed by atoms with Crippen molar-refractivity contribution in [1.29, 1.82) is 0 Å². The Labute approximate surface area is 230 Å². The van der Waals surface area contributed by atoms with Crippen LogP contribution < -0.4 is 4.74 Å². The molecule has 0 spiro atoms. The van der Waals surface area contributed by atoms with Crippen molar-refractivity contribution >= 4 is 5.97 Å². The molecule has 1 aliphatic rings. The molecular weight excluding hydrogens is 531 g/mol. The average Bonchev–Trinajstić information content (AvgIpc) is 3.32. The van der Waals surface area contributed by atoms with Gasteiger partial charge in [0.15, 0.2) is 6.10 Å². The maximum Gasteiger partial charge on any atom is 0.416 e. The molecule has 4 rings (SSSR count). The molecule has 8 nitrogen and oxygen atoms in total. The van der Waals surface area contributed by atoms with Crippen molar-refractivity contribution in [2.45, 2.75) is 70.3 Å². The van der Waals surface area contributed by atoms with Gasteiger partial charge in [-0.3, -0.25) is 0 Å². The normalized spacial score (nSPS) is 18.4. The van der Waals surface area contributed by atoms with Crippen molar-refractivity contribution in [3.8, 4) is 17.2 Å². The molecule has 2 aromatic carbocycles. The Morgan fingerprint density at radius 3 is 2.50 bits per heavy atom. The Hall–Kier alpha value is -3.41. The largest absolute Gasteiger partial charge is 0.497 e. The van der Waals surface area contributed by atoms with Gasteiger partial charge in [0.2, 0.25) is 5.89 Å². The van der Waals surface area contributed by atoms with Crippen LogP contribution in [-0.4, -0.2) is 48.1 Å². The summed E-state index contributed by atoms with van der Waals surface area (Å²) >= 11 is 0. The number of aliphatic carboxylic acids is 1. The van der Waals surface area contributed by atoms with Crippen LogP contribution in [0, 0.1) is 6.92 Å². The number of ether oxygens (including phenoxy) is 4. The number of methoxy groups -OCH3 is 1. The predicted molar refractivity (Wildman–Crippen MR) is 138 cm³/mol. The van der Waals surface area contributed by atoms with E-state index in [2.05, 4.69) is 4.98 Å². The van der Waals surface area contributed by atoms with Gasteiger partial charge in [0.1, 0.15) is 17.2 Å². The summed E-state index contributed by atoms with van der Waals surface area (Å²) in [6.07, 6.45) is -2.95. The number of rotatable bonds is 12. The zero-order valence-electron chi connectivity index (χ0n) is 22.3. The van der Waals surface area contributed by atoms with Crippen LogP contribution in [0.5, 0.6) is 5.75 Å². The lowest BCUT2D eigenvalue weighted by Crippen LogP contribution is -2.34. The lowest BCUT2D eigenvalue weighted by atomic mass is 9.95. The zero-order chi connectivity index (χ0) is 28.7. The fraction of sp³-hybridized carbons (Fsp3) is 0.448. The van der Waals surface area contributed by atoms with Crippen molar-refractivity contribution in [2.75, 3.05) is 13.7 Å². The number of carboxylic acid groups (broad SMARTS) is 1. The van der Waals surface area contributed by atoms with Gasteiger partial charge in [0.25, 0.3) is 0 Å². The van der Waals surface area contributed by atoms with Crippen LogP contribution in [0.15, 0.2) is 52.9 Å². The quantitative estimate of drug-likeness (QED) is 0.278. The summed E-state index contributed by atoms with van der Waals surface area (Å²) in [4.78, 5) is 16.3. The van der Waals surface area contributed by atoms with E-state index in [1.54, 1.807) is 7.11 Å². The van der Waals surface area contributed by atoms with Crippen LogP contribution in [0.3, 0.4) is 0 Å². The predicted octanol–water partition coefficient (Wildman–Crippen LogP) is 6.19. The number of benzene rings is 2. The van der Waals surface area contributed by atoms with Gasteiger partial charge in [-0.1, -0.05) is 18.2 Å². The lowest BCUT2D eigenvalue weighted by Gasteiger charge is -2.29. The highest BCUT2D eigenvalue weighted by Gasteiger charge is 2.30. The van der Waals surface area contributed by atoms with Crippen LogP contribution in [0.4, 0.5) is 13.2 Å². The van der Waals surface area contributed by atoms with Gasteiger partial charge in [-0.15, -0.1) is 0 Å². The number of alkyl halides is 3. The molecule has 40 heavy (non-hydrogen) atoms. The summed E-state index contributed by atoms with van der Waals surface area (Å²) in [5.74, 6) is 0.644. The third-order valence-corrected chi connectivity index (χ3v) is 6.73. The smallest absolute Gasteiger partial charge is 0.416 e. The number of carbonyl (C=O) groups is 1. The summed E-state index contributed by atoms with van der Waals surface area (Å²) in [6.45, 7) is 1.77. The second-order valence-corrected chi connectivity index (χ2v) is 9.64. The SMILES string of the molecule is COc1cccc(-c2nc(CO[C@H]3CCC[C@@H](OCC(OCc4ccc(C(F)(F)F)cc4)C(=O)O)C3)c(C)o2)c1. The van der Waals surface area contributed by atoms with Crippen molar-refractivity contribution in [2.24, 2.45) is 0 Å². The van der Waals surface area contributed by atoms with Gasteiger partial charge in [-0.2, -0.15) is 13.2 Å². The van der Waals surface area contributed by atoms with Crippen LogP contribution in [-0.2, 0) is 38.4 Å². The Bertz CT molecular complexity index is 1260. The molecule has 0 saturated heterocycles. The first-order chi connectivity index (χ1) is 19.1. The van der Waals surface area contributed by atoms with Crippen molar-refractivity contribution in [3.05, 3.63) is 71.1 Å². The minimum absolute atomic E-state index is 0.0912. The van der Waals surface area contributed by atoms with E-state index in [-0.39, 0.29) is 32.0 Å². The number of nitrogens with zero attached hydrogens (tertiary/aromatic N) is 1. The van der Waals surface area contributed by atoms with E-state index in [0.717, 1.165) is 37.0 Å². The fourth-order valence-electron chi connectivity index (χ4n) is 4.44. The maximum absolute atomic E-state index is 12.7. The Morgan fingerprint density at radius 1 is 1.10 bits per heavy atom. The summed E-state index contributed by atoms with van der Waals surface area (Å²) < 4.78 is 66.7. The van der Waals surface area contributed by atoms with E-state index in [4.69, 9.17) is 23.4 Å². The van der Waals surface area contributed by atoms with Crippen LogP contribution in [0.2, 0.25) is 0 Å². The van der Waals surface area contributed by atoms with Gasteiger partial charge in [0.05, 0.1) is 44.7 Å². The van der Waals surface area contributed by atoms with E-state index in [1.165, 1.54) is 12.1 Å². The molecule has 1 N–H and O–H groups in total. The highest BCUT2D eigenvalue weighted by Crippen LogP contribution is 2.30. The molecule has 11 heteroatoms. The topological polar surface area (TPSA) is 100 Å². The van der Waals surface area contributed by atoms with Gasteiger partial charge in [-0.25, -0.2) is 9.78 Å². The number of hydrogen-bond acceptors (Lipinski definition) is 7. The highest BCUT2D eigenvalue weighted by atomic mass is 19.4. The van der Waals surface area contributed by atoms with Crippen molar-refractivity contribution in [1.82, 2.24) is 4.98 Å². The van der Waals surface area contributed by atoms with Crippen LogP contribution >= 0.6 is 0 Å². The molecule has 1 saturated carbocycles. The Balaban J connectivity index is 1.25. The molecule has 0 amide bonds. The zero-order valence-corrected chi connectivity index (χ0v) is 22.3. The molecule has 3 aromatic rings. The monoisotopic (exact) mass is 563 g/mol. The van der Waals surface area contributed by atoms with Crippen molar-refractivity contribution in [3.63, 3.8) is 0 Å². The molecule has 216 valence electrons. The molecule has 0 radical (unpaired) electrons. The van der Waals surface area contributed by atoms with E-state index >= 15 is 0 Å². The third-order valence-electron chi connectivity index (χ3n) is 6.73. The summed E-state index contributed by atoms with van der Waals surface area (Å²) in [5, 5.41) is 9.53. The number of oxazole rings is 1. The fourth-order valence-corrected chi connectivity index (χ4v) is 4.44. The maximum atomic E-state index is 12.7. The summed E-state index contributed by atoms with van der Waals surface area (Å²) in [6, 6.07) is 11.8. The van der Waals surface area contributed by atoms with E-state index < -0.39 is 23.8 Å². The molecule has 0 bridgehead atoms. The van der Waals surface area contributed by atoms with E-state index in [0.29, 0.717) is 35.1 Å². The summed E-state index contributed by atoms with van der Waals surface area (Å²) in [7, 11) is 1.60. The van der Waals surface area contributed by atoms with Crippen LogP contribution in [0.1, 0.15) is 48.3 Å². The minimum Gasteiger partial charge on any atom is -0.497 e. The molecule has 0 aliphatic heterocycles. The van der Waals surface area contributed by atoms with E-state index in [1.807, 2.05) is 31.2 Å². The van der Waals surface area contributed by atoms with E-state index in [9.17, 15) is 23.1 Å². The van der Waals surface area contributed by atoms with Gasteiger partial charge in [-0.05, 0) is 68.5 Å². The molecule has 1 heterocycles. The molecule has 1 aliphatic carbocycles.